The number of nitrogens with zero attached hydrogens (tertiary/aromatic N) is 1. The second-order valence-electron chi connectivity index (χ2n) is 5.49. The third-order valence-electron chi connectivity index (χ3n) is 3.92. The molecule has 0 spiro atoms. The van der Waals surface area contributed by atoms with Gasteiger partial charge in [0.15, 0.2) is 0 Å². The zero-order chi connectivity index (χ0) is 13.8. The van der Waals surface area contributed by atoms with Crippen molar-refractivity contribution in [2.45, 2.75) is 32.3 Å². The van der Waals surface area contributed by atoms with Gasteiger partial charge in [0.05, 0.1) is 6.10 Å². The number of hydrogen-bond donors (Lipinski definition) is 1. The summed E-state index contributed by atoms with van der Waals surface area (Å²) in [4.78, 5) is 2.42. The van der Waals surface area contributed by atoms with Crippen LogP contribution in [0.25, 0.3) is 0 Å². The average molecular weight is 302 g/mol. The van der Waals surface area contributed by atoms with E-state index in [1.54, 1.807) is 12.1 Å². The number of aliphatic hydroxyl groups is 1. The van der Waals surface area contributed by atoms with Crippen LogP contribution in [0.3, 0.4) is 0 Å². The van der Waals surface area contributed by atoms with Crippen LogP contribution in [-0.2, 0) is 0 Å². The van der Waals surface area contributed by atoms with Crippen LogP contribution in [0.5, 0.6) is 0 Å². The molecule has 1 heterocycles. The highest BCUT2D eigenvalue weighted by molar-refractivity contribution is 6.35. The van der Waals surface area contributed by atoms with Gasteiger partial charge in [-0.05, 0) is 56.0 Å². The Morgan fingerprint density at radius 2 is 2.00 bits per heavy atom. The average Bonchev–Trinajstić information content (AvgIpc) is 2.37. The quantitative estimate of drug-likeness (QED) is 0.903. The fourth-order valence-corrected chi connectivity index (χ4v) is 3.05. The molecule has 1 atom stereocenters. The second kappa shape index (κ2) is 6.94. The molecule has 0 aliphatic carbocycles. The summed E-state index contributed by atoms with van der Waals surface area (Å²) in [7, 11) is 0. The molecule has 1 saturated heterocycles. The smallest absolute Gasteiger partial charge is 0.0816 e. The monoisotopic (exact) mass is 301 g/mol. The molecule has 0 aromatic heterocycles. The number of likely N-dealkylation sites (tertiary alicyclic amines) is 1. The maximum atomic E-state index is 10.2. The van der Waals surface area contributed by atoms with Gasteiger partial charge in [-0.15, -0.1) is 0 Å². The Morgan fingerprint density at radius 1 is 1.32 bits per heavy atom. The lowest BCUT2D eigenvalue weighted by atomic mass is 9.98. The van der Waals surface area contributed by atoms with Crippen LogP contribution in [0.4, 0.5) is 0 Å². The fourth-order valence-electron chi connectivity index (χ4n) is 2.52. The van der Waals surface area contributed by atoms with E-state index in [0.29, 0.717) is 10.0 Å². The second-order valence-corrected chi connectivity index (χ2v) is 6.34. The number of rotatable bonds is 4. The molecule has 1 aliphatic heterocycles. The van der Waals surface area contributed by atoms with Gasteiger partial charge in [-0.3, -0.25) is 0 Å². The Balaban J connectivity index is 1.85. The van der Waals surface area contributed by atoms with E-state index in [2.05, 4.69) is 11.8 Å². The molecule has 0 saturated carbocycles. The predicted molar refractivity (Wildman–Crippen MR) is 80.9 cm³/mol. The van der Waals surface area contributed by atoms with Crippen molar-refractivity contribution >= 4 is 23.2 Å². The molecule has 1 N–H and O–H groups in total. The Hall–Kier alpha value is -0.280. The summed E-state index contributed by atoms with van der Waals surface area (Å²) >= 11 is 12.0. The number of piperidine rings is 1. The summed E-state index contributed by atoms with van der Waals surface area (Å²) in [5.74, 6) is 0.840. The topological polar surface area (TPSA) is 23.5 Å². The maximum absolute atomic E-state index is 10.2. The minimum atomic E-state index is -0.510. The van der Waals surface area contributed by atoms with E-state index in [1.807, 2.05) is 6.07 Å². The van der Waals surface area contributed by atoms with Gasteiger partial charge in [0.2, 0.25) is 0 Å². The van der Waals surface area contributed by atoms with Crippen molar-refractivity contribution in [2.24, 2.45) is 5.92 Å². The molecule has 2 nitrogen and oxygen atoms in total. The van der Waals surface area contributed by atoms with E-state index >= 15 is 0 Å². The Labute approximate surface area is 125 Å². The largest absolute Gasteiger partial charge is 0.388 e. The van der Waals surface area contributed by atoms with E-state index in [9.17, 15) is 5.11 Å². The number of halogens is 2. The van der Waals surface area contributed by atoms with Crippen LogP contribution in [0.1, 0.15) is 37.9 Å². The van der Waals surface area contributed by atoms with E-state index < -0.39 is 6.10 Å². The summed E-state index contributed by atoms with van der Waals surface area (Å²) < 4.78 is 0. The van der Waals surface area contributed by atoms with Gasteiger partial charge in [0.1, 0.15) is 0 Å². The lowest BCUT2D eigenvalue weighted by Gasteiger charge is -2.30. The first-order valence-electron chi connectivity index (χ1n) is 6.91. The molecule has 0 radical (unpaired) electrons. The molecule has 1 unspecified atom stereocenters. The highest BCUT2D eigenvalue weighted by Crippen LogP contribution is 2.28. The molecule has 1 aliphatic rings. The summed E-state index contributed by atoms with van der Waals surface area (Å²) in [6, 6.07) is 5.27. The molecule has 0 bridgehead atoms. The standard InChI is InChI=1S/C15H21Cl2NO/c1-11-4-7-18(8-5-11)9-6-15(19)13-3-2-12(16)10-14(13)17/h2-3,10-11,15,19H,4-9H2,1H3. The highest BCUT2D eigenvalue weighted by atomic mass is 35.5. The van der Waals surface area contributed by atoms with Crippen LogP contribution in [0.2, 0.25) is 10.0 Å². The first kappa shape index (κ1) is 15.1. The van der Waals surface area contributed by atoms with E-state index in [1.165, 1.54) is 12.8 Å². The third kappa shape index (κ3) is 4.35. The molecular formula is C15H21Cl2NO. The van der Waals surface area contributed by atoms with Gasteiger partial charge in [0.25, 0.3) is 0 Å². The minimum Gasteiger partial charge on any atom is -0.388 e. The Kier molecular flexibility index (Phi) is 5.52. The normalized spacial score (nSPS) is 19.6. The summed E-state index contributed by atoms with van der Waals surface area (Å²) in [5.41, 5.74) is 0.774. The lowest BCUT2D eigenvalue weighted by molar-refractivity contribution is 0.125. The summed E-state index contributed by atoms with van der Waals surface area (Å²) in [6.45, 7) is 5.51. The van der Waals surface area contributed by atoms with Crippen LogP contribution in [-0.4, -0.2) is 29.6 Å². The molecule has 106 valence electrons. The summed E-state index contributed by atoms with van der Waals surface area (Å²) in [6.07, 6.45) is 2.73. The van der Waals surface area contributed by atoms with Crippen molar-refractivity contribution in [3.05, 3.63) is 33.8 Å². The number of aliphatic hydroxyl groups excluding tert-OH is 1. The molecule has 1 aromatic rings. The van der Waals surface area contributed by atoms with Crippen LogP contribution >= 0.6 is 23.2 Å². The molecule has 1 fully saturated rings. The fraction of sp³-hybridized carbons (Fsp3) is 0.600. The van der Waals surface area contributed by atoms with Crippen LogP contribution in [0.15, 0.2) is 18.2 Å². The van der Waals surface area contributed by atoms with Crippen LogP contribution < -0.4 is 0 Å². The van der Waals surface area contributed by atoms with Gasteiger partial charge in [-0.1, -0.05) is 36.2 Å². The van der Waals surface area contributed by atoms with Gasteiger partial charge in [-0.25, -0.2) is 0 Å². The first-order valence-corrected chi connectivity index (χ1v) is 7.67. The molecule has 2 rings (SSSR count). The number of benzene rings is 1. The van der Waals surface area contributed by atoms with Crippen molar-refractivity contribution in [2.75, 3.05) is 19.6 Å². The minimum absolute atomic E-state index is 0.510. The van der Waals surface area contributed by atoms with E-state index in [0.717, 1.165) is 37.5 Å². The molecular weight excluding hydrogens is 281 g/mol. The third-order valence-corrected chi connectivity index (χ3v) is 4.48. The number of hydrogen-bond acceptors (Lipinski definition) is 2. The van der Waals surface area contributed by atoms with Crippen molar-refractivity contribution in [1.82, 2.24) is 4.90 Å². The predicted octanol–water partition coefficient (Wildman–Crippen LogP) is 4.15. The van der Waals surface area contributed by atoms with Gasteiger partial charge < -0.3 is 10.0 Å². The van der Waals surface area contributed by atoms with Gasteiger partial charge >= 0.3 is 0 Å². The molecule has 0 amide bonds. The lowest BCUT2D eigenvalue weighted by Crippen LogP contribution is -2.34. The zero-order valence-corrected chi connectivity index (χ0v) is 12.8. The van der Waals surface area contributed by atoms with Crippen molar-refractivity contribution in [1.29, 1.82) is 0 Å². The van der Waals surface area contributed by atoms with E-state index in [-0.39, 0.29) is 0 Å². The molecule has 4 heteroatoms. The van der Waals surface area contributed by atoms with Crippen molar-refractivity contribution < 1.29 is 5.11 Å². The van der Waals surface area contributed by atoms with E-state index in [4.69, 9.17) is 23.2 Å². The zero-order valence-electron chi connectivity index (χ0n) is 11.3. The Morgan fingerprint density at radius 3 is 2.63 bits per heavy atom. The highest BCUT2D eigenvalue weighted by Gasteiger charge is 2.18. The van der Waals surface area contributed by atoms with Gasteiger partial charge in [0, 0.05) is 16.6 Å². The SMILES string of the molecule is CC1CCN(CCC(O)c2ccc(Cl)cc2Cl)CC1. The summed E-state index contributed by atoms with van der Waals surface area (Å²) in [5, 5.41) is 11.4. The van der Waals surface area contributed by atoms with Gasteiger partial charge in [-0.2, -0.15) is 0 Å². The van der Waals surface area contributed by atoms with Crippen molar-refractivity contribution in [3.63, 3.8) is 0 Å². The Bertz CT molecular complexity index is 417. The molecule has 1 aromatic carbocycles. The van der Waals surface area contributed by atoms with Crippen molar-refractivity contribution in [3.8, 4) is 0 Å². The molecule has 19 heavy (non-hydrogen) atoms. The van der Waals surface area contributed by atoms with Crippen LogP contribution in [0, 0.1) is 5.92 Å². The first-order chi connectivity index (χ1) is 9.06. The maximum Gasteiger partial charge on any atom is 0.0816 e.